The van der Waals surface area contributed by atoms with E-state index in [9.17, 15) is 9.59 Å². The Morgan fingerprint density at radius 3 is 2.55 bits per heavy atom. The molecule has 1 fully saturated rings. The quantitative estimate of drug-likeness (QED) is 0.571. The van der Waals surface area contributed by atoms with E-state index < -0.39 is 0 Å². The van der Waals surface area contributed by atoms with Gasteiger partial charge in [-0.1, -0.05) is 13.8 Å². The summed E-state index contributed by atoms with van der Waals surface area (Å²) in [4.78, 5) is 29.4. The van der Waals surface area contributed by atoms with Gasteiger partial charge < -0.3 is 19.4 Å². The predicted molar refractivity (Wildman–Crippen MR) is 113 cm³/mol. The number of hydrogen-bond donors (Lipinski definition) is 1. The van der Waals surface area contributed by atoms with Gasteiger partial charge in [-0.3, -0.25) is 14.5 Å². The monoisotopic (exact) mass is 407 g/mol. The van der Waals surface area contributed by atoms with Gasteiger partial charge in [-0.25, -0.2) is 0 Å². The molecule has 2 rings (SSSR count). The topological polar surface area (TPSA) is 75.0 Å². The van der Waals surface area contributed by atoms with Crippen molar-refractivity contribution in [1.82, 2.24) is 15.1 Å². The maximum absolute atomic E-state index is 13.0. The molecule has 2 heterocycles. The zero-order valence-electron chi connectivity index (χ0n) is 18.5. The van der Waals surface area contributed by atoms with Crippen molar-refractivity contribution in [1.29, 1.82) is 0 Å². The van der Waals surface area contributed by atoms with Crippen LogP contribution in [0.15, 0.2) is 10.5 Å². The Morgan fingerprint density at radius 1 is 1.21 bits per heavy atom. The summed E-state index contributed by atoms with van der Waals surface area (Å²) in [7, 11) is 0. The third-order valence-corrected chi connectivity index (χ3v) is 5.22. The third kappa shape index (κ3) is 8.19. The summed E-state index contributed by atoms with van der Waals surface area (Å²) in [5.41, 5.74) is 0.595. The van der Waals surface area contributed by atoms with Crippen molar-refractivity contribution in [3.8, 4) is 0 Å². The van der Waals surface area contributed by atoms with Crippen LogP contribution in [0.3, 0.4) is 0 Å². The Balaban J connectivity index is 1.77. The highest BCUT2D eigenvalue weighted by Crippen LogP contribution is 2.17. The van der Waals surface area contributed by atoms with E-state index in [1.54, 1.807) is 11.0 Å². The molecule has 1 aliphatic rings. The number of morpholine rings is 1. The summed E-state index contributed by atoms with van der Waals surface area (Å²) in [6.45, 7) is 14.1. The van der Waals surface area contributed by atoms with Crippen molar-refractivity contribution in [3.05, 3.63) is 23.2 Å². The molecule has 1 aliphatic heterocycles. The molecule has 7 heteroatoms. The molecular weight excluding hydrogens is 370 g/mol. The van der Waals surface area contributed by atoms with Crippen molar-refractivity contribution in [2.45, 2.75) is 47.0 Å². The maximum Gasteiger partial charge on any atom is 0.257 e. The van der Waals surface area contributed by atoms with Gasteiger partial charge in [0.25, 0.3) is 5.91 Å². The van der Waals surface area contributed by atoms with Gasteiger partial charge in [0.1, 0.15) is 11.5 Å². The first kappa shape index (κ1) is 23.4. The Morgan fingerprint density at radius 2 is 1.93 bits per heavy atom. The SMILES string of the molecule is Cc1cc(C(=O)N(CCC(=O)NCCCN2CCOCC2)CCC(C)C)c(C)o1. The second-order valence-corrected chi connectivity index (χ2v) is 8.21. The van der Waals surface area contributed by atoms with E-state index in [0.717, 1.165) is 51.4 Å². The smallest absolute Gasteiger partial charge is 0.257 e. The van der Waals surface area contributed by atoms with E-state index in [4.69, 9.17) is 9.15 Å². The number of nitrogens with zero attached hydrogens (tertiary/aromatic N) is 2. The van der Waals surface area contributed by atoms with Gasteiger partial charge in [0.2, 0.25) is 5.91 Å². The molecule has 164 valence electrons. The van der Waals surface area contributed by atoms with E-state index >= 15 is 0 Å². The summed E-state index contributed by atoms with van der Waals surface area (Å²) >= 11 is 0. The van der Waals surface area contributed by atoms with Crippen LogP contribution >= 0.6 is 0 Å². The highest BCUT2D eigenvalue weighted by molar-refractivity contribution is 5.95. The van der Waals surface area contributed by atoms with E-state index in [1.807, 2.05) is 13.8 Å². The van der Waals surface area contributed by atoms with E-state index in [-0.39, 0.29) is 11.8 Å². The second kappa shape index (κ2) is 12.0. The zero-order chi connectivity index (χ0) is 21.2. The average Bonchev–Trinajstić information content (AvgIpc) is 3.03. The molecule has 7 nitrogen and oxygen atoms in total. The van der Waals surface area contributed by atoms with Crippen LogP contribution < -0.4 is 5.32 Å². The van der Waals surface area contributed by atoms with Gasteiger partial charge in [-0.15, -0.1) is 0 Å². The molecule has 0 unspecified atom stereocenters. The van der Waals surface area contributed by atoms with Crippen molar-refractivity contribution >= 4 is 11.8 Å². The number of furan rings is 1. The molecule has 0 radical (unpaired) electrons. The fourth-order valence-corrected chi connectivity index (χ4v) is 3.42. The summed E-state index contributed by atoms with van der Waals surface area (Å²) in [5, 5.41) is 2.98. The van der Waals surface area contributed by atoms with Crippen LogP contribution in [-0.4, -0.2) is 74.1 Å². The molecule has 29 heavy (non-hydrogen) atoms. The van der Waals surface area contributed by atoms with Crippen LogP contribution in [0.25, 0.3) is 0 Å². The lowest BCUT2D eigenvalue weighted by Crippen LogP contribution is -2.39. The van der Waals surface area contributed by atoms with Crippen LogP contribution in [0.4, 0.5) is 0 Å². The molecule has 1 aromatic heterocycles. The van der Waals surface area contributed by atoms with E-state index in [1.165, 1.54) is 0 Å². The molecule has 2 amide bonds. The predicted octanol–water partition coefficient (Wildman–Crippen LogP) is 2.61. The minimum absolute atomic E-state index is 0.00517. The number of hydrogen-bond acceptors (Lipinski definition) is 5. The van der Waals surface area contributed by atoms with Gasteiger partial charge in [0.15, 0.2) is 0 Å². The molecule has 0 bridgehead atoms. The number of rotatable bonds is 11. The van der Waals surface area contributed by atoms with E-state index in [2.05, 4.69) is 24.1 Å². The Hall–Kier alpha value is -1.86. The Labute approximate surface area is 174 Å². The van der Waals surface area contributed by atoms with Crippen LogP contribution in [0.2, 0.25) is 0 Å². The fourth-order valence-electron chi connectivity index (χ4n) is 3.42. The third-order valence-electron chi connectivity index (χ3n) is 5.22. The number of aryl methyl sites for hydroxylation is 2. The van der Waals surface area contributed by atoms with Crippen LogP contribution in [0.1, 0.15) is 55.0 Å². The maximum atomic E-state index is 13.0. The average molecular weight is 408 g/mol. The van der Waals surface area contributed by atoms with Gasteiger partial charge in [0, 0.05) is 39.1 Å². The molecule has 1 saturated heterocycles. The molecule has 0 spiro atoms. The van der Waals surface area contributed by atoms with Crippen LogP contribution in [0, 0.1) is 19.8 Å². The highest BCUT2D eigenvalue weighted by Gasteiger charge is 2.21. The van der Waals surface area contributed by atoms with Crippen molar-refractivity contribution < 1.29 is 18.7 Å². The van der Waals surface area contributed by atoms with Crippen LogP contribution in [0.5, 0.6) is 0 Å². The number of carbonyl (C=O) groups is 2. The molecule has 0 aliphatic carbocycles. The minimum Gasteiger partial charge on any atom is -0.466 e. The van der Waals surface area contributed by atoms with Crippen molar-refractivity contribution in [2.24, 2.45) is 5.92 Å². The highest BCUT2D eigenvalue weighted by atomic mass is 16.5. The summed E-state index contributed by atoms with van der Waals surface area (Å²) < 4.78 is 10.9. The van der Waals surface area contributed by atoms with Crippen molar-refractivity contribution in [3.63, 3.8) is 0 Å². The van der Waals surface area contributed by atoms with Gasteiger partial charge in [0.05, 0.1) is 18.8 Å². The Bertz CT molecular complexity index is 650. The summed E-state index contributed by atoms with van der Waals surface area (Å²) in [5.74, 6) is 1.79. The normalized spacial score (nSPS) is 14.9. The molecule has 0 aromatic carbocycles. The van der Waals surface area contributed by atoms with Gasteiger partial charge in [-0.2, -0.15) is 0 Å². The molecule has 0 saturated carbocycles. The second-order valence-electron chi connectivity index (χ2n) is 8.21. The van der Waals surface area contributed by atoms with Gasteiger partial charge >= 0.3 is 0 Å². The molecule has 0 atom stereocenters. The number of carbonyl (C=O) groups excluding carboxylic acids is 2. The minimum atomic E-state index is -0.0554. The lowest BCUT2D eigenvalue weighted by molar-refractivity contribution is -0.121. The number of nitrogens with one attached hydrogen (secondary N) is 1. The summed E-state index contributed by atoms with van der Waals surface area (Å²) in [6, 6.07) is 1.78. The summed E-state index contributed by atoms with van der Waals surface area (Å²) in [6.07, 6.45) is 2.15. The molecular formula is C22H37N3O4. The zero-order valence-corrected chi connectivity index (χ0v) is 18.5. The first-order valence-corrected chi connectivity index (χ1v) is 10.8. The lowest BCUT2D eigenvalue weighted by Gasteiger charge is -2.26. The van der Waals surface area contributed by atoms with E-state index in [0.29, 0.717) is 43.3 Å². The fraction of sp³-hybridized carbons (Fsp3) is 0.727. The van der Waals surface area contributed by atoms with Gasteiger partial charge in [-0.05, 0) is 45.2 Å². The largest absolute Gasteiger partial charge is 0.466 e. The number of amides is 2. The Kier molecular flexibility index (Phi) is 9.67. The number of ether oxygens (including phenoxy) is 1. The standard InChI is InChI=1S/C22H37N3O4/c1-17(2)6-10-25(22(27)20-16-18(3)29-19(20)4)11-7-21(26)23-8-5-9-24-12-14-28-15-13-24/h16-17H,5-15H2,1-4H3,(H,23,26). The molecule has 1 aromatic rings. The first-order valence-electron chi connectivity index (χ1n) is 10.8. The van der Waals surface area contributed by atoms with Crippen LogP contribution in [-0.2, 0) is 9.53 Å². The first-order chi connectivity index (χ1) is 13.9. The lowest BCUT2D eigenvalue weighted by atomic mass is 10.1. The van der Waals surface area contributed by atoms with Crippen molar-refractivity contribution in [2.75, 3.05) is 52.5 Å². The molecule has 1 N–H and O–H groups in total.